The van der Waals surface area contributed by atoms with Crippen LogP contribution in [0, 0.1) is 0 Å². The van der Waals surface area contributed by atoms with Crippen molar-refractivity contribution in [2.75, 3.05) is 12.0 Å². The zero-order valence-corrected chi connectivity index (χ0v) is 12.3. The molecule has 2 N–H and O–H groups in total. The second kappa shape index (κ2) is 4.52. The van der Waals surface area contributed by atoms with Crippen molar-refractivity contribution in [2.45, 2.75) is 4.90 Å². The SMILES string of the molecule is Cn1c(-c2nccnc2N)nc2c(S(C)(=O)=O)cccc21. The number of para-hydroxylation sites is 1. The molecule has 0 spiro atoms. The number of benzene rings is 1. The van der Waals surface area contributed by atoms with E-state index in [1.165, 1.54) is 18.5 Å². The Bertz CT molecular complexity index is 946. The molecule has 0 aliphatic carbocycles. The largest absolute Gasteiger partial charge is 0.382 e. The number of nitrogens with zero attached hydrogens (tertiary/aromatic N) is 4. The number of fused-ring (bicyclic) bond motifs is 1. The lowest BCUT2D eigenvalue weighted by Crippen LogP contribution is -2.00. The van der Waals surface area contributed by atoms with Crippen molar-refractivity contribution in [1.82, 2.24) is 19.5 Å². The van der Waals surface area contributed by atoms with Gasteiger partial charge in [0.05, 0.1) is 10.4 Å². The number of rotatable bonds is 2. The van der Waals surface area contributed by atoms with E-state index in [4.69, 9.17) is 5.73 Å². The van der Waals surface area contributed by atoms with Gasteiger partial charge in [-0.05, 0) is 12.1 Å². The summed E-state index contributed by atoms with van der Waals surface area (Å²) < 4.78 is 25.5. The van der Waals surface area contributed by atoms with Crippen LogP contribution in [0.25, 0.3) is 22.6 Å². The molecule has 1 aromatic carbocycles. The number of sulfone groups is 1. The molecule has 8 heteroatoms. The highest BCUT2D eigenvalue weighted by Gasteiger charge is 2.19. The summed E-state index contributed by atoms with van der Waals surface area (Å²) in [5, 5.41) is 0. The van der Waals surface area contributed by atoms with Crippen LogP contribution in [0.4, 0.5) is 5.82 Å². The standard InChI is InChI=1S/C13H13N5O2S/c1-18-8-4-3-5-9(21(2,19)20)10(8)17-13(18)11-12(14)16-7-6-15-11/h3-7H,1-2H3,(H2,14,16). The first kappa shape index (κ1) is 13.5. The number of aromatic nitrogens is 4. The second-order valence-electron chi connectivity index (χ2n) is 4.68. The van der Waals surface area contributed by atoms with Gasteiger partial charge in [-0.25, -0.2) is 23.4 Å². The maximum absolute atomic E-state index is 11.9. The second-order valence-corrected chi connectivity index (χ2v) is 6.66. The Hall–Kier alpha value is -2.48. The molecule has 3 rings (SSSR count). The fraction of sp³-hybridized carbons (Fsp3) is 0.154. The van der Waals surface area contributed by atoms with E-state index < -0.39 is 9.84 Å². The number of nitrogen functional groups attached to an aromatic ring is 1. The third kappa shape index (κ3) is 2.13. The minimum absolute atomic E-state index is 0.185. The van der Waals surface area contributed by atoms with Crippen LogP contribution in [0.5, 0.6) is 0 Å². The van der Waals surface area contributed by atoms with Crippen molar-refractivity contribution in [3.05, 3.63) is 30.6 Å². The third-order valence-electron chi connectivity index (χ3n) is 3.21. The predicted octanol–water partition coefficient (Wildman–Crippen LogP) is 1.02. The molecule has 2 aromatic heterocycles. The topological polar surface area (TPSA) is 104 Å². The van der Waals surface area contributed by atoms with Crippen LogP contribution in [-0.2, 0) is 16.9 Å². The number of hydrogen-bond donors (Lipinski definition) is 1. The summed E-state index contributed by atoms with van der Waals surface area (Å²) >= 11 is 0. The Morgan fingerprint density at radius 2 is 1.90 bits per heavy atom. The fourth-order valence-electron chi connectivity index (χ4n) is 2.22. The van der Waals surface area contributed by atoms with Crippen molar-refractivity contribution >= 4 is 26.7 Å². The van der Waals surface area contributed by atoms with Gasteiger partial charge in [0.1, 0.15) is 11.2 Å². The Morgan fingerprint density at radius 3 is 2.57 bits per heavy atom. The molecule has 21 heavy (non-hydrogen) atoms. The molecule has 0 saturated carbocycles. The van der Waals surface area contributed by atoms with Crippen LogP contribution >= 0.6 is 0 Å². The average Bonchev–Trinajstić information content (AvgIpc) is 2.76. The summed E-state index contributed by atoms with van der Waals surface area (Å²) in [6, 6.07) is 5.02. The van der Waals surface area contributed by atoms with E-state index in [1.807, 2.05) is 0 Å². The molecule has 3 aromatic rings. The Kier molecular flexibility index (Phi) is 2.91. The van der Waals surface area contributed by atoms with Crippen LogP contribution in [0.1, 0.15) is 0 Å². The van der Waals surface area contributed by atoms with Gasteiger partial charge in [-0.2, -0.15) is 0 Å². The molecule has 0 unspecified atom stereocenters. The summed E-state index contributed by atoms with van der Waals surface area (Å²) in [6.07, 6.45) is 4.17. The highest BCUT2D eigenvalue weighted by molar-refractivity contribution is 7.91. The molecule has 0 saturated heterocycles. The molecule has 2 heterocycles. The maximum Gasteiger partial charge on any atom is 0.177 e. The Labute approximate surface area is 121 Å². The van der Waals surface area contributed by atoms with Crippen molar-refractivity contribution in [3.8, 4) is 11.5 Å². The van der Waals surface area contributed by atoms with Gasteiger partial charge < -0.3 is 10.3 Å². The van der Waals surface area contributed by atoms with Crippen LogP contribution in [0.3, 0.4) is 0 Å². The molecule has 0 atom stereocenters. The molecule has 108 valence electrons. The molecule has 0 amide bonds. The van der Waals surface area contributed by atoms with Gasteiger partial charge in [0.2, 0.25) is 0 Å². The smallest absolute Gasteiger partial charge is 0.177 e. The first-order valence-electron chi connectivity index (χ1n) is 6.12. The van der Waals surface area contributed by atoms with Gasteiger partial charge in [0.25, 0.3) is 0 Å². The molecule has 0 fully saturated rings. The van der Waals surface area contributed by atoms with E-state index in [-0.39, 0.29) is 10.7 Å². The van der Waals surface area contributed by atoms with E-state index in [9.17, 15) is 8.42 Å². The lowest BCUT2D eigenvalue weighted by molar-refractivity contribution is 0.602. The van der Waals surface area contributed by atoms with E-state index in [0.29, 0.717) is 22.6 Å². The molecule has 0 bridgehead atoms. The summed E-state index contributed by atoms with van der Waals surface area (Å²) in [7, 11) is -1.59. The molecule has 7 nitrogen and oxygen atoms in total. The highest BCUT2D eigenvalue weighted by Crippen LogP contribution is 2.28. The molecule has 0 aliphatic rings. The van der Waals surface area contributed by atoms with Gasteiger partial charge >= 0.3 is 0 Å². The maximum atomic E-state index is 11.9. The number of nitrogens with two attached hydrogens (primary N) is 1. The third-order valence-corrected chi connectivity index (χ3v) is 4.34. The summed E-state index contributed by atoms with van der Waals surface area (Å²) in [4.78, 5) is 12.8. The zero-order valence-electron chi connectivity index (χ0n) is 11.5. The lowest BCUT2D eigenvalue weighted by atomic mass is 10.3. The molecule has 0 radical (unpaired) electrons. The normalized spacial score (nSPS) is 11.9. The summed E-state index contributed by atoms with van der Waals surface area (Å²) in [6.45, 7) is 0. The number of hydrogen-bond acceptors (Lipinski definition) is 6. The van der Waals surface area contributed by atoms with E-state index in [0.717, 1.165) is 6.26 Å². The molecular formula is C13H13N5O2S. The first-order chi connectivity index (χ1) is 9.89. The summed E-state index contributed by atoms with van der Waals surface area (Å²) in [5.74, 6) is 0.725. The van der Waals surface area contributed by atoms with Crippen LogP contribution in [0.15, 0.2) is 35.5 Å². The van der Waals surface area contributed by atoms with Gasteiger partial charge in [-0.15, -0.1) is 0 Å². The van der Waals surface area contributed by atoms with Gasteiger partial charge in [0, 0.05) is 25.7 Å². The fourth-order valence-corrected chi connectivity index (χ4v) is 3.05. The van der Waals surface area contributed by atoms with Crippen LogP contribution in [0.2, 0.25) is 0 Å². The number of anilines is 1. The summed E-state index contributed by atoms with van der Waals surface area (Å²) in [5.41, 5.74) is 7.35. The van der Waals surface area contributed by atoms with Gasteiger partial charge in [0.15, 0.2) is 21.5 Å². The van der Waals surface area contributed by atoms with E-state index in [2.05, 4.69) is 15.0 Å². The monoisotopic (exact) mass is 303 g/mol. The van der Waals surface area contributed by atoms with Crippen molar-refractivity contribution in [2.24, 2.45) is 7.05 Å². The first-order valence-corrected chi connectivity index (χ1v) is 8.01. The Balaban J connectivity index is 2.38. The number of aryl methyl sites for hydroxylation is 1. The quantitative estimate of drug-likeness (QED) is 0.758. The predicted molar refractivity (Wildman–Crippen MR) is 79.3 cm³/mol. The minimum atomic E-state index is -3.37. The van der Waals surface area contributed by atoms with Crippen molar-refractivity contribution < 1.29 is 8.42 Å². The number of imidazole rings is 1. The minimum Gasteiger partial charge on any atom is -0.382 e. The van der Waals surface area contributed by atoms with Gasteiger partial charge in [-0.3, -0.25) is 0 Å². The van der Waals surface area contributed by atoms with Crippen molar-refractivity contribution in [1.29, 1.82) is 0 Å². The lowest BCUT2D eigenvalue weighted by Gasteiger charge is -2.03. The average molecular weight is 303 g/mol. The van der Waals surface area contributed by atoms with Crippen molar-refractivity contribution in [3.63, 3.8) is 0 Å². The highest BCUT2D eigenvalue weighted by atomic mass is 32.2. The van der Waals surface area contributed by atoms with E-state index in [1.54, 1.807) is 23.7 Å². The molecule has 0 aliphatic heterocycles. The van der Waals surface area contributed by atoms with Crippen LogP contribution < -0.4 is 5.73 Å². The zero-order chi connectivity index (χ0) is 15.2. The Morgan fingerprint density at radius 1 is 1.19 bits per heavy atom. The molecular weight excluding hydrogens is 290 g/mol. The van der Waals surface area contributed by atoms with Gasteiger partial charge in [-0.1, -0.05) is 6.07 Å². The van der Waals surface area contributed by atoms with Crippen LogP contribution in [-0.4, -0.2) is 34.2 Å². The van der Waals surface area contributed by atoms with E-state index >= 15 is 0 Å².